The Labute approximate surface area is 114 Å². The van der Waals surface area contributed by atoms with Crippen molar-refractivity contribution in [3.8, 4) is 17.2 Å². The Balaban J connectivity index is 3.25. The van der Waals surface area contributed by atoms with Crippen molar-refractivity contribution in [2.24, 2.45) is 11.7 Å². The Bertz CT molecular complexity index is 420. The predicted octanol–water partition coefficient (Wildman–Crippen LogP) is 1.73. The summed E-state index contributed by atoms with van der Waals surface area (Å²) in [6.07, 6.45) is -0.824. The smallest absolute Gasteiger partial charge is 0.164 e. The molecule has 2 atom stereocenters. The zero-order chi connectivity index (χ0) is 14.6. The van der Waals surface area contributed by atoms with Crippen molar-refractivity contribution in [2.45, 2.75) is 26.0 Å². The molecule has 19 heavy (non-hydrogen) atoms. The molecular weight excluding hydrogens is 246 g/mol. The van der Waals surface area contributed by atoms with Crippen LogP contribution in [0, 0.1) is 5.92 Å². The van der Waals surface area contributed by atoms with E-state index in [1.807, 2.05) is 13.8 Å². The SMILES string of the molecule is COc1cc(OC)c(C(O)C(N)C(C)C)cc1OC. The van der Waals surface area contributed by atoms with Crippen molar-refractivity contribution in [1.29, 1.82) is 0 Å². The fourth-order valence-electron chi connectivity index (χ4n) is 1.86. The lowest BCUT2D eigenvalue weighted by Gasteiger charge is -2.25. The van der Waals surface area contributed by atoms with Crippen molar-refractivity contribution in [1.82, 2.24) is 0 Å². The third-order valence-electron chi connectivity index (χ3n) is 3.19. The van der Waals surface area contributed by atoms with Crippen LogP contribution in [-0.4, -0.2) is 32.5 Å². The molecule has 5 heteroatoms. The van der Waals surface area contributed by atoms with E-state index in [2.05, 4.69) is 0 Å². The van der Waals surface area contributed by atoms with Gasteiger partial charge in [-0.1, -0.05) is 13.8 Å². The summed E-state index contributed by atoms with van der Waals surface area (Å²) in [4.78, 5) is 0. The van der Waals surface area contributed by atoms with Gasteiger partial charge in [0.05, 0.1) is 27.4 Å². The maximum atomic E-state index is 10.4. The molecule has 0 bridgehead atoms. The van der Waals surface area contributed by atoms with E-state index >= 15 is 0 Å². The molecule has 3 N–H and O–H groups in total. The summed E-state index contributed by atoms with van der Waals surface area (Å²) in [5, 5.41) is 10.4. The fourth-order valence-corrected chi connectivity index (χ4v) is 1.86. The van der Waals surface area contributed by atoms with Crippen LogP contribution in [0.5, 0.6) is 17.2 Å². The van der Waals surface area contributed by atoms with Gasteiger partial charge in [0.1, 0.15) is 5.75 Å². The Morgan fingerprint density at radius 2 is 1.42 bits per heavy atom. The summed E-state index contributed by atoms with van der Waals surface area (Å²) < 4.78 is 15.7. The lowest BCUT2D eigenvalue weighted by Crippen LogP contribution is -2.33. The van der Waals surface area contributed by atoms with Gasteiger partial charge in [0.2, 0.25) is 0 Å². The van der Waals surface area contributed by atoms with E-state index in [1.165, 1.54) is 0 Å². The summed E-state index contributed by atoms with van der Waals surface area (Å²) in [7, 11) is 4.63. The van der Waals surface area contributed by atoms with Gasteiger partial charge in [0.25, 0.3) is 0 Å². The topological polar surface area (TPSA) is 73.9 Å². The van der Waals surface area contributed by atoms with Crippen LogP contribution in [0.2, 0.25) is 0 Å². The minimum Gasteiger partial charge on any atom is -0.496 e. The first-order valence-corrected chi connectivity index (χ1v) is 6.19. The van der Waals surface area contributed by atoms with E-state index < -0.39 is 6.10 Å². The van der Waals surface area contributed by atoms with Crippen LogP contribution in [-0.2, 0) is 0 Å². The highest BCUT2D eigenvalue weighted by molar-refractivity contribution is 5.51. The molecule has 0 fully saturated rings. The molecule has 0 aliphatic rings. The molecule has 2 unspecified atom stereocenters. The number of hydrogen-bond acceptors (Lipinski definition) is 5. The molecule has 5 nitrogen and oxygen atoms in total. The highest BCUT2D eigenvalue weighted by Gasteiger charge is 2.25. The Hall–Kier alpha value is -1.46. The summed E-state index contributed by atoms with van der Waals surface area (Å²) in [6.45, 7) is 3.92. The minimum atomic E-state index is -0.824. The van der Waals surface area contributed by atoms with Crippen molar-refractivity contribution < 1.29 is 19.3 Å². The number of ether oxygens (including phenoxy) is 3. The summed E-state index contributed by atoms with van der Waals surface area (Å²) in [5.41, 5.74) is 6.60. The molecule has 0 aliphatic carbocycles. The molecule has 0 heterocycles. The van der Waals surface area contributed by atoms with Crippen molar-refractivity contribution >= 4 is 0 Å². The van der Waals surface area contributed by atoms with Crippen LogP contribution >= 0.6 is 0 Å². The van der Waals surface area contributed by atoms with E-state index in [0.29, 0.717) is 22.8 Å². The number of rotatable bonds is 6. The Morgan fingerprint density at radius 3 is 1.84 bits per heavy atom. The first kappa shape index (κ1) is 15.6. The van der Waals surface area contributed by atoms with E-state index in [1.54, 1.807) is 33.5 Å². The largest absolute Gasteiger partial charge is 0.496 e. The highest BCUT2D eigenvalue weighted by atomic mass is 16.5. The summed E-state index contributed by atoms with van der Waals surface area (Å²) in [5.74, 6) is 1.76. The summed E-state index contributed by atoms with van der Waals surface area (Å²) in [6, 6.07) is 3.00. The second-order valence-electron chi connectivity index (χ2n) is 4.72. The monoisotopic (exact) mass is 269 g/mol. The van der Waals surface area contributed by atoms with E-state index in [9.17, 15) is 5.11 Å². The lowest BCUT2D eigenvalue weighted by atomic mass is 9.93. The van der Waals surface area contributed by atoms with Gasteiger partial charge < -0.3 is 25.1 Å². The van der Waals surface area contributed by atoms with Crippen molar-refractivity contribution in [3.05, 3.63) is 17.7 Å². The van der Waals surface area contributed by atoms with Crippen LogP contribution in [0.4, 0.5) is 0 Å². The molecule has 1 aromatic carbocycles. The van der Waals surface area contributed by atoms with Crippen LogP contribution < -0.4 is 19.9 Å². The van der Waals surface area contributed by atoms with Crippen molar-refractivity contribution in [2.75, 3.05) is 21.3 Å². The Kier molecular flexibility index (Phi) is 5.44. The zero-order valence-corrected chi connectivity index (χ0v) is 12.1. The number of nitrogens with two attached hydrogens (primary N) is 1. The first-order valence-electron chi connectivity index (χ1n) is 6.19. The first-order chi connectivity index (χ1) is 8.96. The number of methoxy groups -OCH3 is 3. The predicted molar refractivity (Wildman–Crippen MR) is 73.9 cm³/mol. The molecular formula is C14H23NO4. The van der Waals surface area contributed by atoms with Gasteiger partial charge in [0, 0.05) is 17.7 Å². The third kappa shape index (κ3) is 3.30. The average molecular weight is 269 g/mol. The molecule has 0 spiro atoms. The molecule has 0 aliphatic heterocycles. The van der Waals surface area contributed by atoms with Crippen LogP contribution in [0.15, 0.2) is 12.1 Å². The molecule has 0 radical (unpaired) electrons. The van der Waals surface area contributed by atoms with Crippen LogP contribution in [0.3, 0.4) is 0 Å². The van der Waals surface area contributed by atoms with E-state index in [0.717, 1.165) is 0 Å². The molecule has 108 valence electrons. The van der Waals surface area contributed by atoms with Crippen molar-refractivity contribution in [3.63, 3.8) is 0 Å². The maximum absolute atomic E-state index is 10.4. The van der Waals surface area contributed by atoms with Crippen LogP contribution in [0.1, 0.15) is 25.5 Å². The third-order valence-corrected chi connectivity index (χ3v) is 3.19. The molecule has 1 rings (SSSR count). The standard InChI is InChI=1S/C14H23NO4/c1-8(2)13(15)14(16)9-6-11(18-4)12(19-5)7-10(9)17-3/h6-8,13-14,16H,15H2,1-5H3. The zero-order valence-electron chi connectivity index (χ0n) is 12.1. The van der Waals surface area contributed by atoms with E-state index in [4.69, 9.17) is 19.9 Å². The van der Waals surface area contributed by atoms with Gasteiger partial charge >= 0.3 is 0 Å². The quantitative estimate of drug-likeness (QED) is 0.822. The maximum Gasteiger partial charge on any atom is 0.164 e. The van der Waals surface area contributed by atoms with Gasteiger partial charge in [-0.15, -0.1) is 0 Å². The van der Waals surface area contributed by atoms with E-state index in [-0.39, 0.29) is 12.0 Å². The number of aliphatic hydroxyl groups is 1. The number of benzene rings is 1. The second kappa shape index (κ2) is 6.63. The van der Waals surface area contributed by atoms with Gasteiger partial charge in [-0.2, -0.15) is 0 Å². The van der Waals surface area contributed by atoms with Gasteiger partial charge in [-0.25, -0.2) is 0 Å². The minimum absolute atomic E-state index is 0.146. The average Bonchev–Trinajstić information content (AvgIpc) is 2.43. The van der Waals surface area contributed by atoms with Gasteiger partial charge in [-0.3, -0.25) is 0 Å². The van der Waals surface area contributed by atoms with Crippen LogP contribution in [0.25, 0.3) is 0 Å². The normalized spacial score (nSPS) is 14.1. The second-order valence-corrected chi connectivity index (χ2v) is 4.72. The number of aliphatic hydroxyl groups excluding tert-OH is 1. The van der Waals surface area contributed by atoms with Gasteiger partial charge in [-0.05, 0) is 12.0 Å². The highest BCUT2D eigenvalue weighted by Crippen LogP contribution is 2.38. The molecule has 0 amide bonds. The summed E-state index contributed by atoms with van der Waals surface area (Å²) >= 11 is 0. The number of hydrogen-bond donors (Lipinski definition) is 2. The van der Waals surface area contributed by atoms with Gasteiger partial charge in [0.15, 0.2) is 11.5 Å². The molecule has 1 aromatic rings. The lowest BCUT2D eigenvalue weighted by molar-refractivity contribution is 0.122. The molecule has 0 saturated carbocycles. The fraction of sp³-hybridized carbons (Fsp3) is 0.571. The Morgan fingerprint density at radius 1 is 0.947 bits per heavy atom. The molecule has 0 saturated heterocycles. The molecule has 0 aromatic heterocycles.